The average Bonchev–Trinajstić information content (AvgIpc) is 2.31. The van der Waals surface area contributed by atoms with Gasteiger partial charge in [0.1, 0.15) is 17.8 Å². The van der Waals surface area contributed by atoms with Crippen LogP contribution in [-0.2, 0) is 0 Å². The second-order valence-electron chi connectivity index (χ2n) is 3.02. The van der Waals surface area contributed by atoms with Gasteiger partial charge in [0.05, 0.1) is 11.4 Å². The Labute approximate surface area is 97.1 Å². The van der Waals surface area contributed by atoms with Crippen molar-refractivity contribution in [2.45, 2.75) is 0 Å². The number of para-hydroxylation sites is 2. The zero-order valence-corrected chi connectivity index (χ0v) is 8.78. The molecule has 1 heterocycles. The van der Waals surface area contributed by atoms with Crippen molar-refractivity contribution in [3.63, 3.8) is 0 Å². The molecule has 2 rings (SSSR count). The highest BCUT2D eigenvalue weighted by Gasteiger charge is 2.18. The van der Waals surface area contributed by atoms with Gasteiger partial charge in [0.2, 0.25) is 0 Å². The third-order valence-electron chi connectivity index (χ3n) is 2.06. The summed E-state index contributed by atoms with van der Waals surface area (Å²) in [5.74, 6) is 0. The first-order valence-electron chi connectivity index (χ1n) is 4.41. The highest BCUT2D eigenvalue weighted by atomic mass is 35.5. The summed E-state index contributed by atoms with van der Waals surface area (Å²) in [6.45, 7) is 0. The van der Waals surface area contributed by atoms with E-state index < -0.39 is 0 Å². The molecule has 0 bridgehead atoms. The number of hydrogen-bond acceptors (Lipinski definition) is 4. The summed E-state index contributed by atoms with van der Waals surface area (Å²) in [7, 11) is 0. The molecule has 0 amide bonds. The van der Waals surface area contributed by atoms with Gasteiger partial charge in [-0.1, -0.05) is 23.7 Å². The molecule has 5 heteroatoms. The van der Waals surface area contributed by atoms with Gasteiger partial charge in [-0.05, 0) is 12.1 Å². The van der Waals surface area contributed by atoms with E-state index in [1.54, 1.807) is 24.3 Å². The molecule has 0 aromatic heterocycles. The van der Waals surface area contributed by atoms with Gasteiger partial charge in [0.15, 0.2) is 10.7 Å². The second-order valence-corrected chi connectivity index (χ2v) is 3.38. The van der Waals surface area contributed by atoms with E-state index in [9.17, 15) is 0 Å². The summed E-state index contributed by atoms with van der Waals surface area (Å²) in [6.07, 6.45) is 0. The minimum Gasteiger partial charge on any atom is -0.350 e. The molecule has 1 aliphatic rings. The maximum Gasteiger partial charge on any atom is 0.156 e. The van der Waals surface area contributed by atoms with Crippen LogP contribution in [0, 0.1) is 22.7 Å². The molecular weight excluding hydrogens is 224 g/mol. The fraction of sp³-hybridized carbons (Fsp3) is 0. The molecule has 0 radical (unpaired) electrons. The third-order valence-corrected chi connectivity index (χ3v) is 2.34. The van der Waals surface area contributed by atoms with Crippen LogP contribution in [0.5, 0.6) is 0 Å². The number of nitrogens with one attached hydrogen (secondary N) is 1. The Kier molecular flexibility index (Phi) is 2.59. The molecule has 76 valence electrons. The van der Waals surface area contributed by atoms with E-state index in [1.165, 1.54) is 0 Å². The first kappa shape index (κ1) is 10.2. The van der Waals surface area contributed by atoms with Crippen LogP contribution < -0.4 is 5.32 Å². The quantitative estimate of drug-likeness (QED) is 0.694. The number of halogens is 1. The predicted molar refractivity (Wildman–Crippen MR) is 61.3 cm³/mol. The van der Waals surface area contributed by atoms with Gasteiger partial charge in [-0.15, -0.1) is 0 Å². The Bertz CT molecular complexity index is 571. The molecule has 1 aliphatic heterocycles. The number of benzene rings is 1. The van der Waals surface area contributed by atoms with Crippen molar-refractivity contribution in [1.82, 2.24) is 0 Å². The minimum atomic E-state index is -0.0803. The van der Waals surface area contributed by atoms with Crippen LogP contribution in [-0.4, -0.2) is 5.17 Å². The van der Waals surface area contributed by atoms with Crippen molar-refractivity contribution in [2.75, 3.05) is 5.32 Å². The van der Waals surface area contributed by atoms with Crippen molar-refractivity contribution >= 4 is 28.1 Å². The number of nitriles is 2. The van der Waals surface area contributed by atoms with E-state index in [0.29, 0.717) is 5.69 Å². The molecule has 0 unspecified atom stereocenters. The fourth-order valence-electron chi connectivity index (χ4n) is 1.33. The van der Waals surface area contributed by atoms with Gasteiger partial charge in [0.25, 0.3) is 0 Å². The summed E-state index contributed by atoms with van der Waals surface area (Å²) in [4.78, 5) is 4.10. The Hall–Kier alpha value is -2.30. The van der Waals surface area contributed by atoms with E-state index in [-0.39, 0.29) is 16.4 Å². The Morgan fingerprint density at radius 3 is 2.62 bits per heavy atom. The molecule has 16 heavy (non-hydrogen) atoms. The van der Waals surface area contributed by atoms with Crippen LogP contribution >= 0.6 is 11.6 Å². The molecule has 0 fully saturated rings. The lowest BCUT2D eigenvalue weighted by molar-refractivity contribution is 1.37. The molecule has 1 aromatic rings. The predicted octanol–water partition coefficient (Wildman–Crippen LogP) is 2.68. The van der Waals surface area contributed by atoms with Crippen LogP contribution in [0.2, 0.25) is 0 Å². The van der Waals surface area contributed by atoms with Crippen molar-refractivity contribution in [3.05, 3.63) is 35.5 Å². The highest BCUT2D eigenvalue weighted by molar-refractivity contribution is 6.70. The van der Waals surface area contributed by atoms with Gasteiger partial charge in [-0.3, -0.25) is 0 Å². The number of allylic oxidation sites excluding steroid dienone is 2. The monoisotopic (exact) mass is 228 g/mol. The van der Waals surface area contributed by atoms with E-state index in [4.69, 9.17) is 22.1 Å². The van der Waals surface area contributed by atoms with Crippen LogP contribution in [0.3, 0.4) is 0 Å². The van der Waals surface area contributed by atoms with E-state index in [2.05, 4.69) is 10.3 Å². The maximum atomic E-state index is 8.76. The largest absolute Gasteiger partial charge is 0.350 e. The molecule has 4 nitrogen and oxygen atoms in total. The molecule has 0 saturated heterocycles. The molecule has 0 aliphatic carbocycles. The zero-order valence-electron chi connectivity index (χ0n) is 8.03. The number of nitrogens with zero attached hydrogens (tertiary/aromatic N) is 3. The van der Waals surface area contributed by atoms with Crippen molar-refractivity contribution in [1.29, 1.82) is 10.5 Å². The number of anilines is 1. The summed E-state index contributed by atoms with van der Waals surface area (Å²) < 4.78 is 0. The number of rotatable bonds is 0. The van der Waals surface area contributed by atoms with E-state index >= 15 is 0 Å². The van der Waals surface area contributed by atoms with Crippen molar-refractivity contribution in [3.8, 4) is 12.1 Å². The van der Waals surface area contributed by atoms with Gasteiger partial charge < -0.3 is 5.32 Å². The molecule has 0 atom stereocenters. The number of aliphatic imine (C=N–C) groups is 1. The van der Waals surface area contributed by atoms with Gasteiger partial charge in [-0.25, -0.2) is 4.99 Å². The summed E-state index contributed by atoms with van der Waals surface area (Å²) in [5.41, 5.74) is 1.59. The van der Waals surface area contributed by atoms with Gasteiger partial charge in [0, 0.05) is 0 Å². The minimum absolute atomic E-state index is 0.0803. The average molecular weight is 229 g/mol. The fourth-order valence-corrected chi connectivity index (χ4v) is 1.56. The van der Waals surface area contributed by atoms with Crippen molar-refractivity contribution < 1.29 is 0 Å². The van der Waals surface area contributed by atoms with E-state index in [1.807, 2.05) is 12.1 Å². The van der Waals surface area contributed by atoms with Crippen LogP contribution in [0.1, 0.15) is 0 Å². The maximum absolute atomic E-state index is 8.76. The first-order valence-corrected chi connectivity index (χ1v) is 4.79. The summed E-state index contributed by atoms with van der Waals surface area (Å²) in [6, 6.07) is 10.8. The standard InChI is InChI=1S/C11H5ClN4/c12-11-10(7(5-13)6-14)15-8-3-1-2-4-9(8)16-11/h1-4,15H. The smallest absolute Gasteiger partial charge is 0.156 e. The molecular formula is C11H5ClN4. The lowest BCUT2D eigenvalue weighted by Crippen LogP contribution is -2.12. The second kappa shape index (κ2) is 4.06. The normalized spacial score (nSPS) is 12.7. The molecule has 0 saturated carbocycles. The van der Waals surface area contributed by atoms with Crippen LogP contribution in [0.25, 0.3) is 0 Å². The lowest BCUT2D eigenvalue weighted by Gasteiger charge is -2.16. The Balaban J connectivity index is 2.59. The molecule has 0 spiro atoms. The molecule has 1 N–H and O–H groups in total. The van der Waals surface area contributed by atoms with Crippen molar-refractivity contribution in [2.24, 2.45) is 4.99 Å². The summed E-state index contributed by atoms with van der Waals surface area (Å²) in [5, 5.41) is 20.6. The number of hydrogen-bond donors (Lipinski definition) is 1. The zero-order chi connectivity index (χ0) is 11.5. The van der Waals surface area contributed by atoms with Gasteiger partial charge >= 0.3 is 0 Å². The third kappa shape index (κ3) is 1.63. The lowest BCUT2D eigenvalue weighted by atomic mass is 10.2. The first-order chi connectivity index (χ1) is 7.76. The SMILES string of the molecule is N#CC(C#N)=C1Nc2ccccc2N=C1Cl. The van der Waals surface area contributed by atoms with Crippen LogP contribution in [0.4, 0.5) is 11.4 Å². The molecule has 1 aromatic carbocycles. The Morgan fingerprint density at radius 2 is 1.94 bits per heavy atom. The summed E-state index contributed by atoms with van der Waals surface area (Å²) >= 11 is 5.89. The Morgan fingerprint density at radius 1 is 1.25 bits per heavy atom. The van der Waals surface area contributed by atoms with Gasteiger partial charge in [-0.2, -0.15) is 10.5 Å². The topological polar surface area (TPSA) is 72.0 Å². The number of fused-ring (bicyclic) bond motifs is 1. The van der Waals surface area contributed by atoms with E-state index in [0.717, 1.165) is 5.69 Å². The highest BCUT2D eigenvalue weighted by Crippen LogP contribution is 2.32. The van der Waals surface area contributed by atoms with Crippen LogP contribution in [0.15, 0.2) is 40.5 Å².